The maximum Gasteiger partial charge on any atom is 0.261 e. The lowest BCUT2D eigenvalue weighted by atomic mass is 10.0. The van der Waals surface area contributed by atoms with E-state index in [1.807, 2.05) is 30.3 Å². The molecule has 5 nitrogen and oxygen atoms in total. The van der Waals surface area contributed by atoms with E-state index in [4.69, 9.17) is 27.9 Å². The molecule has 0 aliphatic heterocycles. The van der Waals surface area contributed by atoms with Crippen molar-refractivity contribution in [1.29, 1.82) is 0 Å². The van der Waals surface area contributed by atoms with Crippen molar-refractivity contribution in [2.24, 2.45) is 0 Å². The highest BCUT2D eigenvalue weighted by molar-refractivity contribution is 6.42. The normalized spacial score (nSPS) is 14.2. The van der Waals surface area contributed by atoms with Crippen LogP contribution < -0.4 is 10.1 Å². The number of hydrogen-bond donors (Lipinski definition) is 1. The molecule has 0 aromatic heterocycles. The Balaban J connectivity index is 1.63. The number of nitrogens with zero attached hydrogens (tertiary/aromatic N) is 1. The molecule has 194 valence electrons. The van der Waals surface area contributed by atoms with Crippen LogP contribution in [0.2, 0.25) is 10.0 Å². The highest BCUT2D eigenvalue weighted by atomic mass is 35.5. The van der Waals surface area contributed by atoms with Crippen LogP contribution in [0, 0.1) is 5.82 Å². The third-order valence-electron chi connectivity index (χ3n) is 6.50. The molecule has 37 heavy (non-hydrogen) atoms. The zero-order valence-corrected chi connectivity index (χ0v) is 21.9. The minimum Gasteiger partial charge on any atom is -0.481 e. The van der Waals surface area contributed by atoms with E-state index in [9.17, 15) is 14.0 Å². The molecule has 8 heteroatoms. The van der Waals surface area contributed by atoms with Gasteiger partial charge in [0.25, 0.3) is 5.91 Å². The highest BCUT2D eigenvalue weighted by Crippen LogP contribution is 2.25. The maximum atomic E-state index is 14.1. The molecule has 3 aromatic rings. The van der Waals surface area contributed by atoms with Crippen molar-refractivity contribution in [2.75, 3.05) is 6.61 Å². The van der Waals surface area contributed by atoms with Gasteiger partial charge in [-0.1, -0.05) is 84.6 Å². The van der Waals surface area contributed by atoms with E-state index in [-0.39, 0.29) is 24.2 Å². The van der Waals surface area contributed by atoms with Gasteiger partial charge in [-0.25, -0.2) is 4.39 Å². The number of benzene rings is 3. The van der Waals surface area contributed by atoms with Gasteiger partial charge >= 0.3 is 0 Å². The second-order valence-electron chi connectivity index (χ2n) is 9.18. The molecule has 1 N–H and O–H groups in total. The van der Waals surface area contributed by atoms with Gasteiger partial charge in [-0.2, -0.15) is 0 Å². The van der Waals surface area contributed by atoms with Gasteiger partial charge in [0, 0.05) is 19.0 Å². The first-order valence-corrected chi connectivity index (χ1v) is 13.1. The SMILES string of the molecule is O=C(NC1CCCC1)C(Cc1ccccc1)N(Cc1ccc(Cl)c(Cl)c1)C(=O)COc1ccccc1F. The molecule has 1 atom stereocenters. The lowest BCUT2D eigenvalue weighted by molar-refractivity contribution is -0.143. The molecule has 1 aliphatic carbocycles. The molecule has 0 spiro atoms. The van der Waals surface area contributed by atoms with E-state index in [0.717, 1.165) is 31.2 Å². The fourth-order valence-corrected chi connectivity index (χ4v) is 4.86. The lowest BCUT2D eigenvalue weighted by Crippen LogP contribution is -2.53. The van der Waals surface area contributed by atoms with E-state index in [1.54, 1.807) is 30.3 Å². The van der Waals surface area contributed by atoms with Gasteiger partial charge in [0.2, 0.25) is 5.91 Å². The molecule has 1 unspecified atom stereocenters. The molecular weight excluding hydrogens is 514 g/mol. The summed E-state index contributed by atoms with van der Waals surface area (Å²) in [5, 5.41) is 3.89. The number of rotatable bonds is 10. The molecule has 1 fully saturated rings. The van der Waals surface area contributed by atoms with Crippen molar-refractivity contribution in [3.63, 3.8) is 0 Å². The van der Waals surface area contributed by atoms with Crippen LogP contribution >= 0.6 is 23.2 Å². The summed E-state index contributed by atoms with van der Waals surface area (Å²) in [6, 6.07) is 19.8. The Morgan fingerprint density at radius 2 is 1.65 bits per heavy atom. The van der Waals surface area contributed by atoms with Crippen molar-refractivity contribution in [3.05, 3.63) is 99.8 Å². The molecule has 0 saturated heterocycles. The standard InChI is InChI=1S/C29H29Cl2FN2O3/c30-23-15-14-21(16-24(23)31)18-34(28(35)19-37-27-13-7-6-12-25(27)32)26(17-20-8-2-1-3-9-20)29(36)33-22-10-4-5-11-22/h1-3,6-9,12-16,22,26H,4-5,10-11,17-19H2,(H,33,36). The molecule has 0 heterocycles. The number of carbonyl (C=O) groups excluding carboxylic acids is 2. The van der Waals surface area contributed by atoms with Crippen LogP contribution in [0.25, 0.3) is 0 Å². The smallest absolute Gasteiger partial charge is 0.261 e. The fraction of sp³-hybridized carbons (Fsp3) is 0.310. The summed E-state index contributed by atoms with van der Waals surface area (Å²) < 4.78 is 19.7. The van der Waals surface area contributed by atoms with Gasteiger partial charge in [0.1, 0.15) is 6.04 Å². The van der Waals surface area contributed by atoms with Crippen molar-refractivity contribution >= 4 is 35.0 Å². The van der Waals surface area contributed by atoms with Crippen LogP contribution in [0.1, 0.15) is 36.8 Å². The van der Waals surface area contributed by atoms with Crippen LogP contribution in [0.3, 0.4) is 0 Å². The predicted molar refractivity (Wildman–Crippen MR) is 143 cm³/mol. The van der Waals surface area contributed by atoms with Gasteiger partial charge in [0.05, 0.1) is 10.0 Å². The molecule has 3 aromatic carbocycles. The van der Waals surface area contributed by atoms with Gasteiger partial charge in [0.15, 0.2) is 18.2 Å². The molecule has 4 rings (SSSR count). The molecule has 0 radical (unpaired) electrons. The Morgan fingerprint density at radius 1 is 0.946 bits per heavy atom. The number of ether oxygens (including phenoxy) is 1. The second kappa shape index (κ2) is 12.9. The first kappa shape index (κ1) is 27.0. The van der Waals surface area contributed by atoms with Gasteiger partial charge in [-0.15, -0.1) is 0 Å². The van der Waals surface area contributed by atoms with E-state index >= 15 is 0 Å². The zero-order valence-electron chi connectivity index (χ0n) is 20.3. The lowest BCUT2D eigenvalue weighted by Gasteiger charge is -2.32. The first-order chi connectivity index (χ1) is 17.9. The van der Waals surface area contributed by atoms with Crippen molar-refractivity contribution in [1.82, 2.24) is 10.2 Å². The van der Waals surface area contributed by atoms with Crippen LogP contribution in [0.15, 0.2) is 72.8 Å². The summed E-state index contributed by atoms with van der Waals surface area (Å²) in [7, 11) is 0. The minimum atomic E-state index is -0.811. The number of halogens is 3. The second-order valence-corrected chi connectivity index (χ2v) is 10.00. The minimum absolute atomic E-state index is 0.0275. The first-order valence-electron chi connectivity index (χ1n) is 12.4. The van der Waals surface area contributed by atoms with E-state index in [0.29, 0.717) is 22.0 Å². The number of hydrogen-bond acceptors (Lipinski definition) is 3. The number of para-hydroxylation sites is 1. The van der Waals surface area contributed by atoms with E-state index in [1.165, 1.54) is 17.0 Å². The topological polar surface area (TPSA) is 58.6 Å². The summed E-state index contributed by atoms with van der Waals surface area (Å²) in [6.07, 6.45) is 4.28. The zero-order chi connectivity index (χ0) is 26.2. The largest absolute Gasteiger partial charge is 0.481 e. The third-order valence-corrected chi connectivity index (χ3v) is 7.24. The summed E-state index contributed by atoms with van der Waals surface area (Å²) >= 11 is 12.3. The molecule has 0 bridgehead atoms. The molecule has 1 saturated carbocycles. The van der Waals surface area contributed by atoms with Gasteiger partial charge < -0.3 is 15.0 Å². The summed E-state index contributed by atoms with van der Waals surface area (Å²) in [5.41, 5.74) is 1.62. The highest BCUT2D eigenvalue weighted by Gasteiger charge is 2.32. The van der Waals surface area contributed by atoms with Gasteiger partial charge in [-0.3, -0.25) is 9.59 Å². The quantitative estimate of drug-likeness (QED) is 0.331. The number of nitrogens with one attached hydrogen (secondary N) is 1. The van der Waals surface area contributed by atoms with E-state index in [2.05, 4.69) is 5.32 Å². The Morgan fingerprint density at radius 3 is 2.35 bits per heavy atom. The summed E-state index contributed by atoms with van der Waals surface area (Å²) in [6.45, 7) is -0.323. The van der Waals surface area contributed by atoms with Crippen LogP contribution in [-0.2, 0) is 22.6 Å². The average molecular weight is 543 g/mol. The predicted octanol–water partition coefficient (Wildman–Crippen LogP) is 6.21. The fourth-order valence-electron chi connectivity index (χ4n) is 4.54. The maximum absolute atomic E-state index is 14.1. The van der Waals surface area contributed by atoms with Crippen molar-refractivity contribution in [3.8, 4) is 5.75 Å². The van der Waals surface area contributed by atoms with Crippen LogP contribution in [-0.4, -0.2) is 35.4 Å². The number of amides is 2. The van der Waals surface area contributed by atoms with E-state index < -0.39 is 24.4 Å². The molecule has 2 amide bonds. The summed E-state index contributed by atoms with van der Waals surface area (Å²) in [4.78, 5) is 28.7. The Bertz CT molecular complexity index is 1220. The molecule has 1 aliphatic rings. The van der Waals surface area contributed by atoms with Crippen LogP contribution in [0.5, 0.6) is 5.75 Å². The van der Waals surface area contributed by atoms with Gasteiger partial charge in [-0.05, 0) is 48.2 Å². The van der Waals surface area contributed by atoms with Crippen molar-refractivity contribution < 1.29 is 18.7 Å². The molecular formula is C29H29Cl2FN2O3. The Hall–Kier alpha value is -3.09. The van der Waals surface area contributed by atoms with Crippen LogP contribution in [0.4, 0.5) is 4.39 Å². The number of carbonyl (C=O) groups is 2. The van der Waals surface area contributed by atoms with Crippen molar-refractivity contribution in [2.45, 2.75) is 50.7 Å². The summed E-state index contributed by atoms with van der Waals surface area (Å²) in [5.74, 6) is -1.27. The third kappa shape index (κ3) is 7.46. The monoisotopic (exact) mass is 542 g/mol. The Labute approximate surface area is 226 Å². The average Bonchev–Trinajstić information content (AvgIpc) is 3.41. The Kier molecular flexibility index (Phi) is 9.42.